The molecule has 0 radical (unpaired) electrons. The number of anilines is 1. The Hall–Kier alpha value is -3.03. The highest BCUT2D eigenvalue weighted by Crippen LogP contribution is 2.29. The van der Waals surface area contributed by atoms with Crippen LogP contribution in [0.15, 0.2) is 48.5 Å². The van der Waals surface area contributed by atoms with Crippen molar-refractivity contribution in [1.82, 2.24) is 5.32 Å². The molecule has 132 valence electrons. The number of methoxy groups -OCH3 is 1. The van der Waals surface area contributed by atoms with Crippen LogP contribution in [-0.4, -0.2) is 25.5 Å². The van der Waals surface area contributed by atoms with E-state index >= 15 is 0 Å². The van der Waals surface area contributed by atoms with E-state index in [1.165, 1.54) is 7.11 Å². The summed E-state index contributed by atoms with van der Waals surface area (Å²) >= 11 is 0. The smallest absolute Gasteiger partial charge is 0.416 e. The fourth-order valence-corrected chi connectivity index (χ4v) is 1.98. The fraction of sp³-hybridized carbons (Fsp3) is 0.176. The molecule has 2 aromatic carbocycles. The van der Waals surface area contributed by atoms with Crippen LogP contribution in [0.3, 0.4) is 0 Å². The summed E-state index contributed by atoms with van der Waals surface area (Å²) in [6, 6.07) is 10.4. The van der Waals surface area contributed by atoms with Gasteiger partial charge in [-0.15, -0.1) is 0 Å². The first-order valence-electron chi connectivity index (χ1n) is 7.19. The molecule has 0 saturated carbocycles. The first-order chi connectivity index (χ1) is 11.8. The minimum Gasteiger partial charge on any atom is -0.497 e. The monoisotopic (exact) mass is 352 g/mol. The average molecular weight is 352 g/mol. The molecule has 0 saturated heterocycles. The molecule has 0 fully saturated rings. The maximum absolute atomic E-state index is 12.5. The van der Waals surface area contributed by atoms with E-state index in [-0.39, 0.29) is 12.1 Å². The molecule has 8 heteroatoms. The van der Waals surface area contributed by atoms with Crippen LogP contribution in [0.4, 0.5) is 18.9 Å². The zero-order valence-corrected chi connectivity index (χ0v) is 13.2. The molecule has 5 nitrogen and oxygen atoms in total. The van der Waals surface area contributed by atoms with Crippen molar-refractivity contribution >= 4 is 17.5 Å². The highest BCUT2D eigenvalue weighted by atomic mass is 19.4. The molecule has 0 aliphatic rings. The Morgan fingerprint density at radius 2 is 1.76 bits per heavy atom. The second-order valence-corrected chi connectivity index (χ2v) is 5.04. The highest BCUT2D eigenvalue weighted by Gasteiger charge is 2.30. The van der Waals surface area contributed by atoms with Crippen molar-refractivity contribution in [3.63, 3.8) is 0 Å². The van der Waals surface area contributed by atoms with E-state index in [2.05, 4.69) is 10.6 Å². The van der Waals surface area contributed by atoms with Gasteiger partial charge < -0.3 is 15.4 Å². The molecule has 25 heavy (non-hydrogen) atoms. The maximum atomic E-state index is 12.5. The zero-order chi connectivity index (χ0) is 18.4. The van der Waals surface area contributed by atoms with Crippen molar-refractivity contribution in [3.05, 3.63) is 59.7 Å². The predicted molar refractivity (Wildman–Crippen MR) is 85.4 cm³/mol. The Morgan fingerprint density at radius 3 is 2.36 bits per heavy atom. The summed E-state index contributed by atoms with van der Waals surface area (Å²) in [6.45, 7) is -0.322. The number of carbonyl (C=O) groups excluding carboxylic acids is 2. The summed E-state index contributed by atoms with van der Waals surface area (Å²) in [5.74, 6) is -0.561. The molecule has 2 N–H and O–H groups in total. The normalized spacial score (nSPS) is 10.9. The van der Waals surface area contributed by atoms with Gasteiger partial charge in [-0.3, -0.25) is 9.59 Å². The molecule has 0 bridgehead atoms. The molecule has 0 aromatic heterocycles. The van der Waals surface area contributed by atoms with Crippen LogP contribution >= 0.6 is 0 Å². The van der Waals surface area contributed by atoms with Crippen molar-refractivity contribution in [2.24, 2.45) is 0 Å². The predicted octanol–water partition coefficient (Wildman–Crippen LogP) is 3.08. The largest absolute Gasteiger partial charge is 0.497 e. The van der Waals surface area contributed by atoms with Gasteiger partial charge >= 0.3 is 6.18 Å². The third-order valence-corrected chi connectivity index (χ3v) is 3.24. The van der Waals surface area contributed by atoms with Gasteiger partial charge in [-0.2, -0.15) is 13.2 Å². The third kappa shape index (κ3) is 5.23. The second kappa shape index (κ2) is 7.69. The van der Waals surface area contributed by atoms with Crippen LogP contribution < -0.4 is 15.4 Å². The SMILES string of the molecule is COc1cccc(NC(=O)CNC(=O)c2ccc(C(F)(F)F)cc2)c1. The number of nitrogens with one attached hydrogen (secondary N) is 2. The summed E-state index contributed by atoms with van der Waals surface area (Å²) < 4.78 is 42.4. The summed E-state index contributed by atoms with van der Waals surface area (Å²) in [4.78, 5) is 23.7. The lowest BCUT2D eigenvalue weighted by atomic mass is 10.1. The van der Waals surface area contributed by atoms with E-state index in [9.17, 15) is 22.8 Å². The van der Waals surface area contributed by atoms with E-state index in [0.717, 1.165) is 24.3 Å². The van der Waals surface area contributed by atoms with Gasteiger partial charge in [0, 0.05) is 17.3 Å². The molecule has 0 aliphatic carbocycles. The number of alkyl halides is 3. The number of ether oxygens (including phenoxy) is 1. The lowest BCUT2D eigenvalue weighted by molar-refractivity contribution is -0.137. The Morgan fingerprint density at radius 1 is 1.08 bits per heavy atom. The van der Waals surface area contributed by atoms with Gasteiger partial charge in [-0.25, -0.2) is 0 Å². The molecular formula is C17H15F3N2O3. The van der Waals surface area contributed by atoms with E-state index in [0.29, 0.717) is 11.4 Å². The van der Waals surface area contributed by atoms with Crippen LogP contribution in [0.5, 0.6) is 5.75 Å². The number of carbonyl (C=O) groups is 2. The van der Waals surface area contributed by atoms with Crippen LogP contribution in [0.1, 0.15) is 15.9 Å². The maximum Gasteiger partial charge on any atom is 0.416 e. The van der Waals surface area contributed by atoms with Crippen LogP contribution in [-0.2, 0) is 11.0 Å². The van der Waals surface area contributed by atoms with Crippen LogP contribution in [0.25, 0.3) is 0 Å². The molecular weight excluding hydrogens is 337 g/mol. The summed E-state index contributed by atoms with van der Waals surface area (Å²) in [5, 5.41) is 4.91. The van der Waals surface area contributed by atoms with Crippen molar-refractivity contribution in [2.45, 2.75) is 6.18 Å². The molecule has 0 spiro atoms. The van der Waals surface area contributed by atoms with Crippen molar-refractivity contribution in [1.29, 1.82) is 0 Å². The minimum atomic E-state index is -4.47. The molecule has 2 aromatic rings. The first-order valence-corrected chi connectivity index (χ1v) is 7.19. The summed E-state index contributed by atoms with van der Waals surface area (Å²) in [7, 11) is 1.49. The van der Waals surface area contributed by atoms with Crippen molar-refractivity contribution in [2.75, 3.05) is 19.0 Å². The van der Waals surface area contributed by atoms with Gasteiger partial charge in [0.05, 0.1) is 19.2 Å². The van der Waals surface area contributed by atoms with E-state index in [4.69, 9.17) is 4.74 Å². The Labute approximate surface area is 141 Å². The topological polar surface area (TPSA) is 67.4 Å². The lowest BCUT2D eigenvalue weighted by Gasteiger charge is -2.09. The summed E-state index contributed by atoms with van der Waals surface area (Å²) in [5.41, 5.74) is -0.324. The molecule has 0 unspecified atom stereocenters. The highest BCUT2D eigenvalue weighted by molar-refractivity contribution is 5.99. The number of rotatable bonds is 5. The fourth-order valence-electron chi connectivity index (χ4n) is 1.98. The Kier molecular flexibility index (Phi) is 5.63. The number of hydrogen-bond donors (Lipinski definition) is 2. The zero-order valence-electron chi connectivity index (χ0n) is 13.2. The first kappa shape index (κ1) is 18.3. The second-order valence-electron chi connectivity index (χ2n) is 5.04. The minimum absolute atomic E-state index is 0.0298. The van der Waals surface area contributed by atoms with Gasteiger partial charge in [-0.05, 0) is 36.4 Å². The number of halogens is 3. The average Bonchev–Trinajstić information content (AvgIpc) is 2.59. The molecule has 2 amide bonds. The number of amides is 2. The molecule has 2 rings (SSSR count). The van der Waals surface area contributed by atoms with E-state index < -0.39 is 23.6 Å². The number of benzene rings is 2. The number of hydrogen-bond acceptors (Lipinski definition) is 3. The van der Waals surface area contributed by atoms with E-state index in [1.54, 1.807) is 24.3 Å². The Balaban J connectivity index is 1.89. The molecule has 0 heterocycles. The molecule has 0 aliphatic heterocycles. The quantitative estimate of drug-likeness (QED) is 0.869. The van der Waals surface area contributed by atoms with Crippen molar-refractivity contribution in [3.8, 4) is 5.75 Å². The van der Waals surface area contributed by atoms with Gasteiger partial charge in [-0.1, -0.05) is 6.07 Å². The lowest BCUT2D eigenvalue weighted by Crippen LogP contribution is -2.32. The summed E-state index contributed by atoms with van der Waals surface area (Å²) in [6.07, 6.45) is -4.47. The van der Waals surface area contributed by atoms with Crippen LogP contribution in [0.2, 0.25) is 0 Å². The van der Waals surface area contributed by atoms with Gasteiger partial charge in [0.1, 0.15) is 5.75 Å². The Bertz CT molecular complexity index is 758. The van der Waals surface area contributed by atoms with E-state index in [1.807, 2.05) is 0 Å². The van der Waals surface area contributed by atoms with Crippen LogP contribution in [0, 0.1) is 0 Å². The van der Waals surface area contributed by atoms with Gasteiger partial charge in [0.2, 0.25) is 5.91 Å². The molecule has 0 atom stereocenters. The van der Waals surface area contributed by atoms with Gasteiger partial charge in [0.25, 0.3) is 5.91 Å². The third-order valence-electron chi connectivity index (χ3n) is 3.24. The van der Waals surface area contributed by atoms with Gasteiger partial charge in [0.15, 0.2) is 0 Å². The standard InChI is InChI=1S/C17H15F3N2O3/c1-25-14-4-2-3-13(9-14)22-15(23)10-21-16(24)11-5-7-12(8-6-11)17(18,19)20/h2-9H,10H2,1H3,(H,21,24)(H,22,23). The van der Waals surface area contributed by atoms with Crippen molar-refractivity contribution < 1.29 is 27.5 Å².